The predicted octanol–water partition coefficient (Wildman–Crippen LogP) is 4.73. The molecule has 0 radical (unpaired) electrons. The molecule has 0 saturated heterocycles. The first-order valence-corrected chi connectivity index (χ1v) is 8.14. The van der Waals surface area contributed by atoms with Gasteiger partial charge >= 0.3 is 0 Å². The molecule has 0 amide bonds. The monoisotopic (exact) mass is 277 g/mol. The van der Waals surface area contributed by atoms with E-state index in [0.29, 0.717) is 11.5 Å². The normalized spacial score (nSPS) is 24.1. The van der Waals surface area contributed by atoms with Gasteiger partial charge in [-0.25, -0.2) is 0 Å². The Hall–Kier alpha value is -0.990. The van der Waals surface area contributed by atoms with Gasteiger partial charge in [-0.1, -0.05) is 20.8 Å². The number of aromatic nitrogens is 2. The SMILES string of the molecule is CC(C)n1cc(NCC2CCC(C(C)(C)C)CC2)cn1. The quantitative estimate of drug-likeness (QED) is 0.862. The molecule has 0 spiro atoms. The predicted molar refractivity (Wildman–Crippen MR) is 86.0 cm³/mol. The van der Waals surface area contributed by atoms with Crippen molar-refractivity contribution in [2.75, 3.05) is 11.9 Å². The van der Waals surface area contributed by atoms with Crippen LogP contribution in [0.25, 0.3) is 0 Å². The van der Waals surface area contributed by atoms with Gasteiger partial charge in [0.2, 0.25) is 0 Å². The highest BCUT2D eigenvalue weighted by Crippen LogP contribution is 2.39. The number of nitrogens with one attached hydrogen (secondary N) is 1. The van der Waals surface area contributed by atoms with Gasteiger partial charge in [0.25, 0.3) is 0 Å². The molecule has 1 N–H and O–H groups in total. The molecule has 0 aromatic carbocycles. The van der Waals surface area contributed by atoms with Gasteiger partial charge in [0, 0.05) is 18.8 Å². The second-order valence-corrected chi connectivity index (χ2v) is 7.77. The lowest BCUT2D eigenvalue weighted by molar-refractivity contribution is 0.153. The van der Waals surface area contributed by atoms with Crippen molar-refractivity contribution in [3.63, 3.8) is 0 Å². The van der Waals surface area contributed by atoms with Crippen LogP contribution in [-0.2, 0) is 0 Å². The third kappa shape index (κ3) is 4.00. The maximum Gasteiger partial charge on any atom is 0.0726 e. The summed E-state index contributed by atoms with van der Waals surface area (Å²) >= 11 is 0. The topological polar surface area (TPSA) is 29.9 Å². The van der Waals surface area contributed by atoms with Crippen LogP contribution >= 0.6 is 0 Å². The van der Waals surface area contributed by atoms with Crippen molar-refractivity contribution < 1.29 is 0 Å². The van der Waals surface area contributed by atoms with E-state index in [2.05, 4.69) is 51.2 Å². The summed E-state index contributed by atoms with van der Waals surface area (Å²) in [5, 5.41) is 7.94. The molecule has 2 rings (SSSR count). The summed E-state index contributed by atoms with van der Waals surface area (Å²) in [6.45, 7) is 12.6. The van der Waals surface area contributed by atoms with Crippen LogP contribution in [0.15, 0.2) is 12.4 Å². The highest BCUT2D eigenvalue weighted by molar-refractivity contribution is 5.38. The van der Waals surface area contributed by atoms with Gasteiger partial charge in [-0.3, -0.25) is 4.68 Å². The van der Waals surface area contributed by atoms with Crippen LogP contribution in [0.2, 0.25) is 0 Å². The molecule has 0 atom stereocenters. The largest absolute Gasteiger partial charge is 0.382 e. The molecule has 1 saturated carbocycles. The Morgan fingerprint density at radius 2 is 1.90 bits per heavy atom. The van der Waals surface area contributed by atoms with E-state index >= 15 is 0 Å². The molecule has 1 aliphatic carbocycles. The minimum atomic E-state index is 0.438. The zero-order valence-corrected chi connectivity index (χ0v) is 13.8. The van der Waals surface area contributed by atoms with Crippen LogP contribution in [0, 0.1) is 17.3 Å². The van der Waals surface area contributed by atoms with Crippen LogP contribution in [0.1, 0.15) is 66.3 Å². The molecule has 114 valence electrons. The molecule has 3 nitrogen and oxygen atoms in total. The lowest BCUT2D eigenvalue weighted by atomic mass is 9.70. The Kier molecular flexibility index (Phi) is 4.77. The summed E-state index contributed by atoms with van der Waals surface area (Å²) in [4.78, 5) is 0. The summed E-state index contributed by atoms with van der Waals surface area (Å²) in [6.07, 6.45) is 9.58. The Morgan fingerprint density at radius 3 is 2.40 bits per heavy atom. The van der Waals surface area contributed by atoms with Gasteiger partial charge in [0.1, 0.15) is 0 Å². The third-order valence-corrected chi connectivity index (χ3v) is 4.80. The number of rotatable bonds is 4. The first kappa shape index (κ1) is 15.4. The zero-order chi connectivity index (χ0) is 14.8. The molecule has 1 aromatic heterocycles. The number of hydrogen-bond donors (Lipinski definition) is 1. The van der Waals surface area contributed by atoms with E-state index in [0.717, 1.165) is 24.1 Å². The van der Waals surface area contributed by atoms with E-state index in [9.17, 15) is 0 Å². The minimum Gasteiger partial charge on any atom is -0.382 e. The van der Waals surface area contributed by atoms with E-state index < -0.39 is 0 Å². The molecule has 0 unspecified atom stereocenters. The van der Waals surface area contributed by atoms with Crippen molar-refractivity contribution >= 4 is 5.69 Å². The Labute approximate surface area is 124 Å². The Balaban J connectivity index is 1.76. The minimum absolute atomic E-state index is 0.438. The smallest absolute Gasteiger partial charge is 0.0726 e. The first-order chi connectivity index (χ1) is 9.36. The summed E-state index contributed by atoms with van der Waals surface area (Å²) < 4.78 is 2.01. The number of nitrogens with zero attached hydrogens (tertiary/aromatic N) is 2. The van der Waals surface area contributed by atoms with Crippen LogP contribution in [0.4, 0.5) is 5.69 Å². The molecular formula is C17H31N3. The van der Waals surface area contributed by atoms with Crippen LogP contribution in [0.5, 0.6) is 0 Å². The van der Waals surface area contributed by atoms with E-state index in [1.807, 2.05) is 10.9 Å². The van der Waals surface area contributed by atoms with Gasteiger partial charge in [0.15, 0.2) is 0 Å². The summed E-state index contributed by atoms with van der Waals surface area (Å²) in [5.41, 5.74) is 1.65. The van der Waals surface area contributed by atoms with Gasteiger partial charge in [0.05, 0.1) is 11.9 Å². The molecule has 0 aliphatic heterocycles. The van der Waals surface area contributed by atoms with Gasteiger partial charge in [-0.05, 0) is 56.8 Å². The van der Waals surface area contributed by atoms with E-state index in [1.165, 1.54) is 25.7 Å². The molecule has 0 bridgehead atoms. The van der Waals surface area contributed by atoms with Crippen molar-refractivity contribution in [3.8, 4) is 0 Å². The van der Waals surface area contributed by atoms with Crippen molar-refractivity contribution in [1.82, 2.24) is 9.78 Å². The van der Waals surface area contributed by atoms with Crippen molar-refractivity contribution in [1.29, 1.82) is 0 Å². The Bertz CT molecular complexity index is 406. The van der Waals surface area contributed by atoms with Gasteiger partial charge in [-0.15, -0.1) is 0 Å². The number of anilines is 1. The van der Waals surface area contributed by atoms with Gasteiger partial charge < -0.3 is 5.32 Å². The molecule has 1 heterocycles. The van der Waals surface area contributed by atoms with Crippen LogP contribution in [0.3, 0.4) is 0 Å². The lowest BCUT2D eigenvalue weighted by Gasteiger charge is -2.37. The van der Waals surface area contributed by atoms with Crippen LogP contribution in [-0.4, -0.2) is 16.3 Å². The maximum absolute atomic E-state index is 4.38. The van der Waals surface area contributed by atoms with Crippen molar-refractivity contribution in [2.45, 2.75) is 66.3 Å². The standard InChI is InChI=1S/C17H31N3/c1-13(2)20-12-16(11-19-20)18-10-14-6-8-15(9-7-14)17(3,4)5/h11-15,18H,6-10H2,1-5H3. The molecule has 20 heavy (non-hydrogen) atoms. The van der Waals surface area contributed by atoms with E-state index in [-0.39, 0.29) is 0 Å². The second-order valence-electron chi connectivity index (χ2n) is 7.77. The fourth-order valence-electron chi connectivity index (χ4n) is 3.21. The lowest BCUT2D eigenvalue weighted by Crippen LogP contribution is -2.28. The summed E-state index contributed by atoms with van der Waals surface area (Å²) in [5.74, 6) is 1.73. The second kappa shape index (κ2) is 6.19. The van der Waals surface area contributed by atoms with Crippen molar-refractivity contribution in [3.05, 3.63) is 12.4 Å². The Morgan fingerprint density at radius 1 is 1.25 bits per heavy atom. The summed E-state index contributed by atoms with van der Waals surface area (Å²) in [7, 11) is 0. The van der Waals surface area contributed by atoms with Gasteiger partial charge in [-0.2, -0.15) is 5.10 Å². The van der Waals surface area contributed by atoms with E-state index in [1.54, 1.807) is 0 Å². The molecule has 3 heteroatoms. The zero-order valence-electron chi connectivity index (χ0n) is 13.8. The average molecular weight is 277 g/mol. The average Bonchev–Trinajstić information content (AvgIpc) is 2.85. The van der Waals surface area contributed by atoms with Crippen LogP contribution < -0.4 is 5.32 Å². The highest BCUT2D eigenvalue weighted by atomic mass is 15.3. The third-order valence-electron chi connectivity index (χ3n) is 4.80. The summed E-state index contributed by atoms with van der Waals surface area (Å²) in [6, 6.07) is 0.438. The van der Waals surface area contributed by atoms with Crippen molar-refractivity contribution in [2.24, 2.45) is 17.3 Å². The maximum atomic E-state index is 4.38. The first-order valence-electron chi connectivity index (χ1n) is 8.14. The number of hydrogen-bond acceptors (Lipinski definition) is 2. The molecule has 1 aliphatic rings. The molecule has 1 aromatic rings. The highest BCUT2D eigenvalue weighted by Gasteiger charge is 2.29. The fraction of sp³-hybridized carbons (Fsp3) is 0.824. The fourth-order valence-corrected chi connectivity index (χ4v) is 3.21. The molecule has 1 fully saturated rings. The molecular weight excluding hydrogens is 246 g/mol. The van der Waals surface area contributed by atoms with E-state index in [4.69, 9.17) is 0 Å².